The Morgan fingerprint density at radius 1 is 1.23 bits per heavy atom. The van der Waals surface area contributed by atoms with Gasteiger partial charge in [-0.3, -0.25) is 14.9 Å². The third-order valence-electron chi connectivity index (χ3n) is 4.91. The van der Waals surface area contributed by atoms with Gasteiger partial charge in [0.2, 0.25) is 0 Å². The molecule has 0 aliphatic carbocycles. The molecule has 1 N–H and O–H groups in total. The van der Waals surface area contributed by atoms with Crippen molar-refractivity contribution in [2.75, 3.05) is 5.32 Å². The standard InChI is InChI=1S/C23H21N3O5/c1-3-15(2)16-4-7-19(8-5-16)30-14-20-9-11-22(31-20)23(27)25-21-10-6-18(26(28)29)12-17(21)13-24/h4-12,15H,3,14H2,1-2H3,(H,25,27). The molecule has 8 nitrogen and oxygen atoms in total. The van der Waals surface area contributed by atoms with Crippen molar-refractivity contribution in [3.05, 3.63) is 87.4 Å². The molecule has 0 fully saturated rings. The molecule has 0 spiro atoms. The average molecular weight is 419 g/mol. The minimum atomic E-state index is -0.608. The summed E-state index contributed by atoms with van der Waals surface area (Å²) < 4.78 is 11.2. The van der Waals surface area contributed by atoms with Crippen molar-refractivity contribution in [2.45, 2.75) is 32.8 Å². The van der Waals surface area contributed by atoms with Crippen LogP contribution in [-0.2, 0) is 6.61 Å². The van der Waals surface area contributed by atoms with Crippen LogP contribution >= 0.6 is 0 Å². The van der Waals surface area contributed by atoms with Crippen LogP contribution in [0.2, 0.25) is 0 Å². The highest BCUT2D eigenvalue weighted by molar-refractivity contribution is 6.03. The summed E-state index contributed by atoms with van der Waals surface area (Å²) in [6, 6.07) is 16.4. The fourth-order valence-corrected chi connectivity index (χ4v) is 2.89. The molecule has 1 unspecified atom stereocenters. The highest BCUT2D eigenvalue weighted by atomic mass is 16.6. The van der Waals surface area contributed by atoms with Crippen LogP contribution in [0, 0.1) is 21.4 Å². The van der Waals surface area contributed by atoms with Crippen molar-refractivity contribution in [3.8, 4) is 11.8 Å². The van der Waals surface area contributed by atoms with Gasteiger partial charge in [-0.25, -0.2) is 0 Å². The molecule has 1 atom stereocenters. The van der Waals surface area contributed by atoms with Gasteiger partial charge in [-0.2, -0.15) is 5.26 Å². The van der Waals surface area contributed by atoms with Crippen molar-refractivity contribution in [3.63, 3.8) is 0 Å². The molecule has 0 saturated carbocycles. The van der Waals surface area contributed by atoms with E-state index in [1.807, 2.05) is 30.3 Å². The number of nitro groups is 1. The number of rotatable bonds is 8. The van der Waals surface area contributed by atoms with Crippen molar-refractivity contribution < 1.29 is 18.9 Å². The van der Waals surface area contributed by atoms with Crippen molar-refractivity contribution in [2.24, 2.45) is 0 Å². The molecule has 1 heterocycles. The van der Waals surface area contributed by atoms with Gasteiger partial charge in [0, 0.05) is 12.1 Å². The Hall–Kier alpha value is -4.12. The lowest BCUT2D eigenvalue weighted by molar-refractivity contribution is -0.384. The topological polar surface area (TPSA) is 118 Å². The number of nitro benzene ring substituents is 1. The third-order valence-corrected chi connectivity index (χ3v) is 4.91. The van der Waals surface area contributed by atoms with E-state index in [0.717, 1.165) is 12.5 Å². The fraction of sp³-hybridized carbons (Fsp3) is 0.217. The van der Waals surface area contributed by atoms with Gasteiger partial charge >= 0.3 is 0 Å². The Morgan fingerprint density at radius 2 is 1.97 bits per heavy atom. The maximum Gasteiger partial charge on any atom is 0.291 e. The molecule has 1 amide bonds. The predicted octanol–water partition coefficient (Wildman–Crippen LogP) is 5.40. The Labute approximate surface area is 179 Å². The summed E-state index contributed by atoms with van der Waals surface area (Å²) >= 11 is 0. The van der Waals surface area contributed by atoms with Gasteiger partial charge in [-0.05, 0) is 48.2 Å². The molecule has 158 valence electrons. The molecule has 31 heavy (non-hydrogen) atoms. The number of non-ortho nitro benzene ring substituents is 1. The normalized spacial score (nSPS) is 11.4. The lowest BCUT2D eigenvalue weighted by atomic mass is 9.99. The number of hydrogen-bond acceptors (Lipinski definition) is 6. The number of amides is 1. The number of hydrogen-bond donors (Lipinski definition) is 1. The average Bonchev–Trinajstić information content (AvgIpc) is 3.27. The summed E-state index contributed by atoms with van der Waals surface area (Å²) in [5, 5.41) is 22.6. The second-order valence-electron chi connectivity index (χ2n) is 6.99. The van der Waals surface area contributed by atoms with Gasteiger partial charge in [0.25, 0.3) is 11.6 Å². The van der Waals surface area contributed by atoms with Gasteiger partial charge in [0.1, 0.15) is 24.2 Å². The van der Waals surface area contributed by atoms with E-state index in [4.69, 9.17) is 9.15 Å². The van der Waals surface area contributed by atoms with E-state index in [-0.39, 0.29) is 29.3 Å². The fourth-order valence-electron chi connectivity index (χ4n) is 2.89. The number of ether oxygens (including phenoxy) is 1. The summed E-state index contributed by atoms with van der Waals surface area (Å²) in [6.07, 6.45) is 1.06. The summed E-state index contributed by atoms with van der Waals surface area (Å²) in [7, 11) is 0. The number of benzene rings is 2. The first-order valence-electron chi connectivity index (χ1n) is 9.72. The van der Waals surface area contributed by atoms with Gasteiger partial charge in [-0.15, -0.1) is 0 Å². The van der Waals surface area contributed by atoms with Gasteiger partial charge in [0.05, 0.1) is 16.2 Å². The van der Waals surface area contributed by atoms with Crippen molar-refractivity contribution in [1.82, 2.24) is 0 Å². The molecular weight excluding hydrogens is 398 g/mol. The molecule has 1 aromatic heterocycles. The minimum Gasteiger partial charge on any atom is -0.486 e. The molecule has 3 aromatic rings. The zero-order chi connectivity index (χ0) is 22.4. The summed E-state index contributed by atoms with van der Waals surface area (Å²) in [5.74, 6) is 1.10. The van der Waals surface area contributed by atoms with Crippen LogP contribution in [0.25, 0.3) is 0 Å². The summed E-state index contributed by atoms with van der Waals surface area (Å²) in [6.45, 7) is 4.46. The van der Waals surface area contributed by atoms with Gasteiger partial charge in [0.15, 0.2) is 5.76 Å². The Bertz CT molecular complexity index is 1130. The molecule has 8 heteroatoms. The molecule has 0 aliphatic heterocycles. The number of carbonyl (C=O) groups is 1. The molecule has 3 rings (SSSR count). The van der Waals surface area contributed by atoms with E-state index in [9.17, 15) is 20.2 Å². The SMILES string of the molecule is CCC(C)c1ccc(OCc2ccc(C(=O)Nc3ccc([N+](=O)[O-])cc3C#N)o2)cc1. The quantitative estimate of drug-likeness (QED) is 0.385. The lowest BCUT2D eigenvalue weighted by Crippen LogP contribution is -2.12. The van der Waals surface area contributed by atoms with Crippen LogP contribution in [0.5, 0.6) is 5.75 Å². The second kappa shape index (κ2) is 9.59. The van der Waals surface area contributed by atoms with Crippen LogP contribution in [-0.4, -0.2) is 10.8 Å². The molecule has 0 bridgehead atoms. The van der Waals surface area contributed by atoms with Crippen molar-refractivity contribution in [1.29, 1.82) is 5.26 Å². The monoisotopic (exact) mass is 419 g/mol. The highest BCUT2D eigenvalue weighted by Crippen LogP contribution is 2.24. The molecule has 0 aliphatic rings. The van der Waals surface area contributed by atoms with Crippen molar-refractivity contribution >= 4 is 17.3 Å². The number of anilines is 1. The molecule has 2 aromatic carbocycles. The number of nitrogens with zero attached hydrogens (tertiary/aromatic N) is 2. The highest BCUT2D eigenvalue weighted by Gasteiger charge is 2.16. The number of furan rings is 1. The molecule has 0 radical (unpaired) electrons. The van der Waals surface area contributed by atoms with Gasteiger partial charge < -0.3 is 14.5 Å². The van der Waals surface area contributed by atoms with E-state index in [1.54, 1.807) is 6.07 Å². The molecule has 0 saturated heterocycles. The van der Waals surface area contributed by atoms with Crippen LogP contribution in [0.15, 0.2) is 59.0 Å². The maximum absolute atomic E-state index is 12.4. The van der Waals surface area contributed by atoms with E-state index in [0.29, 0.717) is 17.4 Å². The van der Waals surface area contributed by atoms with Crippen LogP contribution in [0.3, 0.4) is 0 Å². The number of nitrogens with one attached hydrogen (secondary N) is 1. The Balaban J connectivity index is 1.62. The van der Waals surface area contributed by atoms with E-state index >= 15 is 0 Å². The number of carbonyl (C=O) groups excluding carboxylic acids is 1. The minimum absolute atomic E-state index is 0.0153. The van der Waals surface area contributed by atoms with Crippen LogP contribution in [0.4, 0.5) is 11.4 Å². The molecular formula is C23H21N3O5. The zero-order valence-electron chi connectivity index (χ0n) is 17.1. The smallest absolute Gasteiger partial charge is 0.291 e. The lowest BCUT2D eigenvalue weighted by Gasteiger charge is -2.10. The van der Waals surface area contributed by atoms with E-state index < -0.39 is 10.8 Å². The van der Waals surface area contributed by atoms with E-state index in [1.165, 1.54) is 23.8 Å². The predicted molar refractivity (Wildman–Crippen MR) is 114 cm³/mol. The zero-order valence-corrected chi connectivity index (χ0v) is 17.1. The first kappa shape index (κ1) is 21.6. The second-order valence-corrected chi connectivity index (χ2v) is 6.99. The summed E-state index contributed by atoms with van der Waals surface area (Å²) in [4.78, 5) is 22.7. The third kappa shape index (κ3) is 5.28. The maximum atomic E-state index is 12.4. The van der Waals surface area contributed by atoms with Crippen LogP contribution in [0.1, 0.15) is 53.6 Å². The number of nitriles is 1. The van der Waals surface area contributed by atoms with Crippen LogP contribution < -0.4 is 10.1 Å². The summed E-state index contributed by atoms with van der Waals surface area (Å²) in [5.41, 5.74) is 1.16. The largest absolute Gasteiger partial charge is 0.486 e. The van der Waals surface area contributed by atoms with Gasteiger partial charge in [-0.1, -0.05) is 26.0 Å². The van der Waals surface area contributed by atoms with E-state index in [2.05, 4.69) is 19.2 Å². The first-order valence-corrected chi connectivity index (χ1v) is 9.72. The Kier molecular flexibility index (Phi) is 6.67. The Morgan fingerprint density at radius 3 is 2.61 bits per heavy atom. The first-order chi connectivity index (χ1) is 14.9.